The van der Waals surface area contributed by atoms with Crippen LogP contribution in [0.5, 0.6) is 11.5 Å². The molecule has 1 aliphatic heterocycles. The summed E-state index contributed by atoms with van der Waals surface area (Å²) in [6, 6.07) is 15.2. The lowest BCUT2D eigenvalue weighted by Crippen LogP contribution is -2.40. The van der Waals surface area contributed by atoms with Gasteiger partial charge in [0.2, 0.25) is 0 Å². The number of rotatable bonds is 5. The van der Waals surface area contributed by atoms with E-state index < -0.39 is 0 Å². The van der Waals surface area contributed by atoms with Crippen LogP contribution in [-0.2, 0) is 11.3 Å². The zero-order chi connectivity index (χ0) is 18.4. The molecule has 5 nitrogen and oxygen atoms in total. The Balaban J connectivity index is 1.74. The van der Waals surface area contributed by atoms with E-state index in [1.165, 1.54) is 0 Å². The van der Waals surface area contributed by atoms with Crippen LogP contribution < -0.4 is 9.47 Å². The molecular formula is C20H20N2O3S. The molecule has 0 radical (unpaired) electrons. The summed E-state index contributed by atoms with van der Waals surface area (Å²) in [5, 5.41) is 9.18. The summed E-state index contributed by atoms with van der Waals surface area (Å²) in [5.74, 6) is 1.24. The fraction of sp³-hybridized carbons (Fsp3) is 0.300. The first-order chi connectivity index (χ1) is 12.7. The topological polar surface area (TPSA) is 54.7 Å². The van der Waals surface area contributed by atoms with Crippen molar-refractivity contribution in [2.45, 2.75) is 6.61 Å². The van der Waals surface area contributed by atoms with E-state index >= 15 is 0 Å². The summed E-state index contributed by atoms with van der Waals surface area (Å²) in [6.07, 6.45) is 0. The minimum atomic E-state index is 0.299. The van der Waals surface area contributed by atoms with Gasteiger partial charge in [0.1, 0.15) is 11.6 Å². The third-order valence-electron chi connectivity index (χ3n) is 4.23. The Bertz CT molecular complexity index is 826. The van der Waals surface area contributed by atoms with Gasteiger partial charge in [-0.3, -0.25) is 0 Å². The number of hydrogen-bond donors (Lipinski definition) is 0. The second kappa shape index (κ2) is 8.65. The number of thiocarbonyl (C=S) groups is 1. The fourth-order valence-electron chi connectivity index (χ4n) is 2.78. The molecule has 1 aliphatic rings. The van der Waals surface area contributed by atoms with Gasteiger partial charge in [0.25, 0.3) is 0 Å². The monoisotopic (exact) mass is 368 g/mol. The third-order valence-corrected chi connectivity index (χ3v) is 4.72. The van der Waals surface area contributed by atoms with E-state index in [4.69, 9.17) is 26.4 Å². The average molecular weight is 368 g/mol. The lowest BCUT2D eigenvalue weighted by atomic mass is 10.1. The van der Waals surface area contributed by atoms with Crippen molar-refractivity contribution in [3.8, 4) is 17.6 Å². The number of benzene rings is 2. The van der Waals surface area contributed by atoms with E-state index in [0.29, 0.717) is 36.9 Å². The Morgan fingerprint density at radius 2 is 1.96 bits per heavy atom. The Kier molecular flexibility index (Phi) is 6.05. The Morgan fingerprint density at radius 1 is 1.19 bits per heavy atom. The summed E-state index contributed by atoms with van der Waals surface area (Å²) in [6.45, 7) is 3.27. The first kappa shape index (κ1) is 18.2. The second-order valence-electron chi connectivity index (χ2n) is 5.83. The molecule has 1 heterocycles. The van der Waals surface area contributed by atoms with E-state index in [0.717, 1.165) is 29.2 Å². The van der Waals surface area contributed by atoms with Crippen LogP contribution in [0.4, 0.5) is 0 Å². The number of ether oxygens (including phenoxy) is 3. The van der Waals surface area contributed by atoms with Crippen molar-refractivity contribution in [1.29, 1.82) is 5.26 Å². The van der Waals surface area contributed by atoms with Crippen LogP contribution in [0.25, 0.3) is 0 Å². The van der Waals surface area contributed by atoms with Crippen molar-refractivity contribution in [3.63, 3.8) is 0 Å². The maximum atomic E-state index is 9.18. The molecule has 3 rings (SSSR count). The zero-order valence-corrected chi connectivity index (χ0v) is 15.4. The summed E-state index contributed by atoms with van der Waals surface area (Å²) in [7, 11) is 1.60. The van der Waals surface area contributed by atoms with E-state index in [1.54, 1.807) is 13.2 Å². The third kappa shape index (κ3) is 4.13. The van der Waals surface area contributed by atoms with Gasteiger partial charge in [-0.25, -0.2) is 0 Å². The van der Waals surface area contributed by atoms with E-state index in [1.807, 2.05) is 36.4 Å². The molecule has 2 aromatic rings. The van der Waals surface area contributed by atoms with Gasteiger partial charge in [0, 0.05) is 24.2 Å². The van der Waals surface area contributed by atoms with Gasteiger partial charge in [0.15, 0.2) is 11.5 Å². The van der Waals surface area contributed by atoms with Crippen LogP contribution in [0.3, 0.4) is 0 Å². The first-order valence-electron chi connectivity index (χ1n) is 8.39. The smallest absolute Gasteiger partial charge is 0.161 e. The van der Waals surface area contributed by atoms with Crippen molar-refractivity contribution in [2.24, 2.45) is 0 Å². The van der Waals surface area contributed by atoms with E-state index in [-0.39, 0.29) is 0 Å². The van der Waals surface area contributed by atoms with Gasteiger partial charge in [-0.15, -0.1) is 0 Å². The number of nitriles is 1. The lowest BCUT2D eigenvalue weighted by molar-refractivity contribution is 0.0693. The molecule has 0 aliphatic carbocycles. The number of nitrogens with zero attached hydrogens (tertiary/aromatic N) is 2. The summed E-state index contributed by atoms with van der Waals surface area (Å²) in [4.78, 5) is 2.92. The highest BCUT2D eigenvalue weighted by molar-refractivity contribution is 7.80. The van der Waals surface area contributed by atoms with Gasteiger partial charge < -0.3 is 19.1 Å². The largest absolute Gasteiger partial charge is 0.493 e. The molecule has 1 saturated heterocycles. The SMILES string of the molecule is COc1cc(C(=S)N2CCOCC2)ccc1OCc1ccccc1C#N. The molecule has 0 atom stereocenters. The van der Waals surface area contributed by atoms with Gasteiger partial charge >= 0.3 is 0 Å². The molecule has 6 heteroatoms. The molecule has 0 aromatic heterocycles. The van der Waals surface area contributed by atoms with E-state index in [9.17, 15) is 5.26 Å². The Labute approximate surface area is 158 Å². The van der Waals surface area contributed by atoms with Gasteiger partial charge in [-0.2, -0.15) is 5.26 Å². The van der Waals surface area contributed by atoms with Crippen LogP contribution in [0.1, 0.15) is 16.7 Å². The predicted molar refractivity (Wildman–Crippen MR) is 103 cm³/mol. The molecule has 134 valence electrons. The van der Waals surface area contributed by atoms with E-state index in [2.05, 4.69) is 11.0 Å². The van der Waals surface area contributed by atoms with Crippen LogP contribution in [0, 0.1) is 11.3 Å². The van der Waals surface area contributed by atoms with Gasteiger partial charge in [-0.05, 0) is 24.3 Å². The fourth-order valence-corrected chi connectivity index (χ4v) is 3.09. The van der Waals surface area contributed by atoms with Crippen LogP contribution in [-0.4, -0.2) is 43.3 Å². The molecule has 0 saturated carbocycles. The number of methoxy groups -OCH3 is 1. The molecule has 0 bridgehead atoms. The normalized spacial score (nSPS) is 13.8. The number of morpholine rings is 1. The standard InChI is InChI=1S/C20H20N2O3S/c1-23-19-12-15(20(26)22-8-10-24-11-9-22)6-7-18(19)25-14-17-5-3-2-4-16(17)13-21/h2-7,12H,8-11,14H2,1H3. The summed E-state index contributed by atoms with van der Waals surface area (Å²) in [5.41, 5.74) is 2.37. The quantitative estimate of drug-likeness (QED) is 0.756. The summed E-state index contributed by atoms with van der Waals surface area (Å²) >= 11 is 5.60. The maximum Gasteiger partial charge on any atom is 0.161 e. The molecule has 0 spiro atoms. The second-order valence-corrected chi connectivity index (χ2v) is 6.21. The van der Waals surface area contributed by atoms with Crippen LogP contribution >= 0.6 is 12.2 Å². The first-order valence-corrected chi connectivity index (χ1v) is 8.79. The average Bonchev–Trinajstić information content (AvgIpc) is 2.72. The van der Waals surface area contributed by atoms with Crippen molar-refractivity contribution < 1.29 is 14.2 Å². The van der Waals surface area contributed by atoms with Crippen molar-refractivity contribution in [3.05, 3.63) is 59.2 Å². The predicted octanol–water partition coefficient (Wildman–Crippen LogP) is 3.15. The molecule has 1 fully saturated rings. The molecular weight excluding hydrogens is 348 g/mol. The Hall–Kier alpha value is -2.62. The minimum absolute atomic E-state index is 0.299. The number of hydrogen-bond acceptors (Lipinski definition) is 5. The van der Waals surface area contributed by atoms with Crippen LogP contribution in [0.15, 0.2) is 42.5 Å². The van der Waals surface area contributed by atoms with Gasteiger partial charge in [0.05, 0.1) is 32.0 Å². The van der Waals surface area contributed by atoms with Gasteiger partial charge in [-0.1, -0.05) is 30.4 Å². The highest BCUT2D eigenvalue weighted by atomic mass is 32.1. The minimum Gasteiger partial charge on any atom is -0.493 e. The van der Waals surface area contributed by atoms with Crippen molar-refractivity contribution in [1.82, 2.24) is 4.90 Å². The molecule has 0 unspecified atom stereocenters. The lowest BCUT2D eigenvalue weighted by Gasteiger charge is -2.29. The maximum absolute atomic E-state index is 9.18. The molecule has 2 aromatic carbocycles. The zero-order valence-electron chi connectivity index (χ0n) is 14.6. The Morgan fingerprint density at radius 3 is 2.69 bits per heavy atom. The molecule has 26 heavy (non-hydrogen) atoms. The van der Waals surface area contributed by atoms with Crippen LogP contribution in [0.2, 0.25) is 0 Å². The van der Waals surface area contributed by atoms with Crippen molar-refractivity contribution in [2.75, 3.05) is 33.4 Å². The van der Waals surface area contributed by atoms with Crippen molar-refractivity contribution >= 4 is 17.2 Å². The summed E-state index contributed by atoms with van der Waals surface area (Å²) < 4.78 is 16.7. The highest BCUT2D eigenvalue weighted by Gasteiger charge is 2.17. The molecule has 0 N–H and O–H groups in total. The molecule has 0 amide bonds. The highest BCUT2D eigenvalue weighted by Crippen LogP contribution is 2.30.